The van der Waals surface area contributed by atoms with Crippen LogP contribution < -0.4 is 5.32 Å². The first-order chi connectivity index (χ1) is 6.68. The zero-order chi connectivity index (χ0) is 10.4. The van der Waals surface area contributed by atoms with E-state index in [0.717, 1.165) is 18.8 Å². The first-order valence-corrected chi connectivity index (χ1v) is 5.26. The lowest BCUT2D eigenvalue weighted by Gasteiger charge is -2.12. The second-order valence-corrected chi connectivity index (χ2v) is 4.32. The van der Waals surface area contributed by atoms with Crippen LogP contribution in [0.1, 0.15) is 20.3 Å². The Labute approximate surface area is 89.9 Å². The predicted molar refractivity (Wildman–Crippen MR) is 59.6 cm³/mol. The van der Waals surface area contributed by atoms with Crippen LogP contribution in [-0.2, 0) is 0 Å². The molecule has 3 nitrogen and oxygen atoms in total. The van der Waals surface area contributed by atoms with Gasteiger partial charge in [0.25, 0.3) is 0 Å². The third kappa shape index (κ3) is 4.42. The lowest BCUT2D eigenvalue weighted by molar-refractivity contribution is 0.572. The van der Waals surface area contributed by atoms with Crippen LogP contribution in [0.2, 0.25) is 0 Å². The molecular weight excluding hydrogens is 198 g/mol. The Hall–Kier alpha value is -0.830. The molecular formula is C10H16ClN3. The molecule has 0 saturated carbocycles. The van der Waals surface area contributed by atoms with E-state index >= 15 is 0 Å². The van der Waals surface area contributed by atoms with Crippen LogP contribution >= 0.6 is 11.6 Å². The molecule has 0 aliphatic carbocycles. The minimum absolute atomic E-state index is 0.150. The normalized spacial score (nSPS) is 12.9. The van der Waals surface area contributed by atoms with Crippen molar-refractivity contribution in [2.75, 3.05) is 11.9 Å². The van der Waals surface area contributed by atoms with Crippen molar-refractivity contribution in [1.29, 1.82) is 0 Å². The molecule has 0 spiro atoms. The Morgan fingerprint density at radius 2 is 2.21 bits per heavy atom. The second-order valence-electron chi connectivity index (χ2n) is 3.70. The van der Waals surface area contributed by atoms with Gasteiger partial charge in [0.1, 0.15) is 5.82 Å². The average molecular weight is 214 g/mol. The van der Waals surface area contributed by atoms with Crippen molar-refractivity contribution in [3.63, 3.8) is 0 Å². The number of hydrogen-bond acceptors (Lipinski definition) is 3. The first-order valence-electron chi connectivity index (χ1n) is 4.82. The number of anilines is 1. The van der Waals surface area contributed by atoms with Gasteiger partial charge in [0.2, 0.25) is 0 Å². The largest absolute Gasteiger partial charge is 0.367 e. The third-order valence-electron chi connectivity index (χ3n) is 1.80. The minimum Gasteiger partial charge on any atom is -0.367 e. The maximum Gasteiger partial charge on any atom is 0.144 e. The van der Waals surface area contributed by atoms with Crippen LogP contribution in [0, 0.1) is 5.92 Å². The smallest absolute Gasteiger partial charge is 0.144 e. The van der Waals surface area contributed by atoms with Gasteiger partial charge in [-0.05, 0) is 12.3 Å². The molecule has 0 fully saturated rings. The molecule has 0 radical (unpaired) electrons. The van der Waals surface area contributed by atoms with Crippen LogP contribution in [0.4, 0.5) is 5.82 Å². The standard InChI is InChI=1S/C10H16ClN3/c1-8(2)5-9(11)6-14-10-7-12-3-4-13-10/h3-4,7-9H,5-6H2,1-2H3,(H,13,14). The summed E-state index contributed by atoms with van der Waals surface area (Å²) in [5, 5.41) is 3.29. The topological polar surface area (TPSA) is 37.8 Å². The van der Waals surface area contributed by atoms with E-state index in [1.54, 1.807) is 18.6 Å². The highest BCUT2D eigenvalue weighted by atomic mass is 35.5. The number of halogens is 1. The van der Waals surface area contributed by atoms with Gasteiger partial charge < -0.3 is 5.32 Å². The quantitative estimate of drug-likeness (QED) is 0.764. The molecule has 1 heterocycles. The van der Waals surface area contributed by atoms with Gasteiger partial charge in [-0.2, -0.15) is 0 Å². The molecule has 1 aromatic heterocycles. The lowest BCUT2D eigenvalue weighted by atomic mass is 10.1. The van der Waals surface area contributed by atoms with Crippen molar-refractivity contribution < 1.29 is 0 Å². The third-order valence-corrected chi connectivity index (χ3v) is 2.13. The molecule has 0 amide bonds. The van der Waals surface area contributed by atoms with Crippen molar-refractivity contribution in [2.24, 2.45) is 5.92 Å². The molecule has 4 heteroatoms. The number of alkyl halides is 1. The van der Waals surface area contributed by atoms with E-state index in [0.29, 0.717) is 5.92 Å². The number of nitrogens with zero attached hydrogens (tertiary/aromatic N) is 2. The van der Waals surface area contributed by atoms with Crippen molar-refractivity contribution in [2.45, 2.75) is 25.6 Å². The Morgan fingerprint density at radius 1 is 1.43 bits per heavy atom. The Balaban J connectivity index is 2.27. The van der Waals surface area contributed by atoms with E-state index < -0.39 is 0 Å². The molecule has 1 atom stereocenters. The summed E-state index contributed by atoms with van der Waals surface area (Å²) in [4.78, 5) is 8.05. The first kappa shape index (κ1) is 11.2. The molecule has 1 aromatic rings. The van der Waals surface area contributed by atoms with Gasteiger partial charge in [-0.3, -0.25) is 4.98 Å². The summed E-state index contributed by atoms with van der Waals surface area (Å²) in [6.07, 6.45) is 6.01. The number of nitrogens with one attached hydrogen (secondary N) is 1. The highest BCUT2D eigenvalue weighted by Gasteiger charge is 2.06. The molecule has 1 N–H and O–H groups in total. The monoisotopic (exact) mass is 213 g/mol. The van der Waals surface area contributed by atoms with Crippen LogP contribution in [0.3, 0.4) is 0 Å². The van der Waals surface area contributed by atoms with Crippen molar-refractivity contribution in [1.82, 2.24) is 9.97 Å². The van der Waals surface area contributed by atoms with Crippen LogP contribution in [0.25, 0.3) is 0 Å². The average Bonchev–Trinajstić information content (AvgIpc) is 2.15. The van der Waals surface area contributed by atoms with Gasteiger partial charge >= 0.3 is 0 Å². The van der Waals surface area contributed by atoms with Gasteiger partial charge in [0.15, 0.2) is 0 Å². The van der Waals surface area contributed by atoms with Gasteiger partial charge in [-0.15, -0.1) is 11.6 Å². The van der Waals surface area contributed by atoms with E-state index in [4.69, 9.17) is 11.6 Å². The predicted octanol–water partition coefficient (Wildman–Crippen LogP) is 2.54. The second kappa shape index (κ2) is 5.81. The summed E-state index contributed by atoms with van der Waals surface area (Å²) in [6, 6.07) is 0. The van der Waals surface area contributed by atoms with Crippen LogP contribution in [0.5, 0.6) is 0 Å². The SMILES string of the molecule is CC(C)CC(Cl)CNc1cnccn1. The van der Waals surface area contributed by atoms with Gasteiger partial charge in [-0.1, -0.05) is 13.8 Å². The van der Waals surface area contributed by atoms with E-state index in [2.05, 4.69) is 29.1 Å². The molecule has 0 aliphatic rings. The van der Waals surface area contributed by atoms with Crippen molar-refractivity contribution in [3.05, 3.63) is 18.6 Å². The van der Waals surface area contributed by atoms with Gasteiger partial charge in [0.05, 0.1) is 11.6 Å². The number of rotatable bonds is 5. The number of aromatic nitrogens is 2. The van der Waals surface area contributed by atoms with E-state index in [1.807, 2.05) is 0 Å². The molecule has 0 saturated heterocycles. The maximum absolute atomic E-state index is 6.12. The summed E-state index contributed by atoms with van der Waals surface area (Å²) in [6.45, 7) is 5.06. The fraction of sp³-hybridized carbons (Fsp3) is 0.600. The molecule has 1 rings (SSSR count). The fourth-order valence-corrected chi connectivity index (χ4v) is 1.63. The van der Waals surface area contributed by atoms with Crippen LogP contribution in [-0.4, -0.2) is 21.9 Å². The van der Waals surface area contributed by atoms with E-state index in [-0.39, 0.29) is 5.38 Å². The van der Waals surface area contributed by atoms with Crippen molar-refractivity contribution >= 4 is 17.4 Å². The molecule has 0 aliphatic heterocycles. The summed E-state index contributed by atoms with van der Waals surface area (Å²) >= 11 is 6.12. The Kier molecular flexibility index (Phi) is 4.66. The van der Waals surface area contributed by atoms with Gasteiger partial charge in [-0.25, -0.2) is 4.98 Å². The van der Waals surface area contributed by atoms with E-state index in [9.17, 15) is 0 Å². The Morgan fingerprint density at radius 3 is 2.79 bits per heavy atom. The fourth-order valence-electron chi connectivity index (χ4n) is 1.20. The zero-order valence-electron chi connectivity index (χ0n) is 8.57. The van der Waals surface area contributed by atoms with E-state index in [1.165, 1.54) is 0 Å². The van der Waals surface area contributed by atoms with Gasteiger partial charge in [0, 0.05) is 18.9 Å². The molecule has 14 heavy (non-hydrogen) atoms. The lowest BCUT2D eigenvalue weighted by Crippen LogP contribution is -2.16. The maximum atomic E-state index is 6.12. The summed E-state index contributed by atoms with van der Waals surface area (Å²) in [7, 11) is 0. The summed E-state index contributed by atoms with van der Waals surface area (Å²) in [5.41, 5.74) is 0. The molecule has 1 unspecified atom stereocenters. The highest BCUT2D eigenvalue weighted by Crippen LogP contribution is 2.11. The molecule has 78 valence electrons. The summed E-state index contributed by atoms with van der Waals surface area (Å²) < 4.78 is 0. The Bertz CT molecular complexity index is 251. The highest BCUT2D eigenvalue weighted by molar-refractivity contribution is 6.20. The number of hydrogen-bond donors (Lipinski definition) is 1. The van der Waals surface area contributed by atoms with Crippen LogP contribution in [0.15, 0.2) is 18.6 Å². The molecule has 0 aromatic carbocycles. The molecule has 0 bridgehead atoms. The summed E-state index contributed by atoms with van der Waals surface area (Å²) in [5.74, 6) is 1.41. The van der Waals surface area contributed by atoms with Crippen molar-refractivity contribution in [3.8, 4) is 0 Å². The zero-order valence-corrected chi connectivity index (χ0v) is 9.33. The minimum atomic E-state index is 0.150.